The largest absolute Gasteiger partial charge is 0.508 e. The molecule has 5 N–H and O–H groups in total. The van der Waals surface area contributed by atoms with Crippen LogP contribution in [0.4, 0.5) is 0 Å². The zero-order valence-electron chi connectivity index (χ0n) is 19.7. The fraction of sp³-hybridized carbons (Fsp3) is 0.231. The van der Waals surface area contributed by atoms with E-state index in [1.807, 2.05) is 35.2 Å². The standard InChI is InChI=1S/C26H26N6O4/c1-16-22-20(24(34)35)15-21(17-7-9-19(33)10-8-17)29-23(22)32(30-16)26(25(27)36,18-5-3-2-4-6-18)31-13-11-28-12-14-31/h2-10,15,28,33H,11-14H2,1H3,(H2,27,36)(H,34,35). The number of rotatable bonds is 6. The number of nitrogens with one attached hydrogen (secondary N) is 1. The first-order chi connectivity index (χ1) is 17.3. The van der Waals surface area contributed by atoms with Gasteiger partial charge in [-0.2, -0.15) is 5.10 Å². The van der Waals surface area contributed by atoms with Crippen molar-refractivity contribution in [2.24, 2.45) is 5.73 Å². The van der Waals surface area contributed by atoms with Crippen molar-refractivity contribution in [2.45, 2.75) is 12.6 Å². The molecule has 0 radical (unpaired) electrons. The molecule has 1 aliphatic heterocycles. The van der Waals surface area contributed by atoms with Gasteiger partial charge in [-0.3, -0.25) is 9.69 Å². The van der Waals surface area contributed by atoms with E-state index in [1.54, 1.807) is 19.1 Å². The van der Waals surface area contributed by atoms with Gasteiger partial charge in [0, 0.05) is 37.3 Å². The van der Waals surface area contributed by atoms with Crippen molar-refractivity contribution in [3.8, 4) is 17.0 Å². The highest BCUT2D eigenvalue weighted by Gasteiger charge is 2.49. The summed E-state index contributed by atoms with van der Waals surface area (Å²) in [6, 6.07) is 16.9. The van der Waals surface area contributed by atoms with Crippen molar-refractivity contribution in [3.63, 3.8) is 0 Å². The Hall–Kier alpha value is -4.28. The number of carbonyl (C=O) groups excluding carboxylic acids is 1. The van der Waals surface area contributed by atoms with Gasteiger partial charge in [-0.1, -0.05) is 30.3 Å². The van der Waals surface area contributed by atoms with E-state index in [4.69, 9.17) is 15.8 Å². The predicted octanol–water partition coefficient (Wildman–Crippen LogP) is 1.90. The van der Waals surface area contributed by atoms with Crippen LogP contribution >= 0.6 is 0 Å². The van der Waals surface area contributed by atoms with Crippen LogP contribution in [0.2, 0.25) is 0 Å². The van der Waals surface area contributed by atoms with Crippen LogP contribution in [0.15, 0.2) is 60.7 Å². The molecule has 1 saturated heterocycles. The molecule has 0 aliphatic carbocycles. The second-order valence-corrected chi connectivity index (χ2v) is 8.74. The van der Waals surface area contributed by atoms with Gasteiger partial charge in [0.15, 0.2) is 5.65 Å². The Bertz CT molecular complexity index is 1450. The number of aromatic nitrogens is 3. The van der Waals surface area contributed by atoms with E-state index in [0.29, 0.717) is 54.1 Å². The third-order valence-corrected chi connectivity index (χ3v) is 6.61. The van der Waals surface area contributed by atoms with E-state index in [2.05, 4.69) is 5.32 Å². The molecule has 0 spiro atoms. The maximum absolute atomic E-state index is 13.5. The third kappa shape index (κ3) is 3.67. The third-order valence-electron chi connectivity index (χ3n) is 6.61. The number of phenols is 1. The average Bonchev–Trinajstić information content (AvgIpc) is 3.22. The minimum Gasteiger partial charge on any atom is -0.508 e. The topological polar surface area (TPSA) is 147 Å². The van der Waals surface area contributed by atoms with Gasteiger partial charge in [-0.25, -0.2) is 14.5 Å². The Morgan fingerprint density at radius 1 is 1.06 bits per heavy atom. The lowest BCUT2D eigenvalue weighted by atomic mass is 9.95. The molecule has 184 valence electrons. The second-order valence-electron chi connectivity index (χ2n) is 8.74. The number of carboxylic acid groups (broad SMARTS) is 1. The number of nitrogens with two attached hydrogens (primary N) is 1. The van der Waals surface area contributed by atoms with Gasteiger partial charge in [0.25, 0.3) is 5.91 Å². The van der Waals surface area contributed by atoms with Crippen LogP contribution in [0, 0.1) is 6.92 Å². The Kier molecular flexibility index (Phi) is 5.91. The maximum Gasteiger partial charge on any atom is 0.336 e. The number of aryl methyl sites for hydroxylation is 1. The number of nitrogens with zero attached hydrogens (tertiary/aromatic N) is 4. The van der Waals surface area contributed by atoms with Crippen LogP contribution in [0.25, 0.3) is 22.3 Å². The summed E-state index contributed by atoms with van der Waals surface area (Å²) in [6.45, 7) is 4.02. The van der Waals surface area contributed by atoms with Crippen molar-refractivity contribution < 1.29 is 19.8 Å². The van der Waals surface area contributed by atoms with Gasteiger partial charge >= 0.3 is 5.97 Å². The lowest BCUT2D eigenvalue weighted by Crippen LogP contribution is -2.64. The van der Waals surface area contributed by atoms with E-state index in [-0.39, 0.29) is 17.0 Å². The number of primary amides is 1. The molecule has 1 atom stereocenters. The lowest BCUT2D eigenvalue weighted by Gasteiger charge is -2.43. The number of carbonyl (C=O) groups is 2. The summed E-state index contributed by atoms with van der Waals surface area (Å²) in [6.07, 6.45) is 0. The summed E-state index contributed by atoms with van der Waals surface area (Å²) >= 11 is 0. The quantitative estimate of drug-likeness (QED) is 0.323. The number of carboxylic acids is 1. The number of fused-ring (bicyclic) bond motifs is 1. The minimum absolute atomic E-state index is 0.0126. The zero-order chi connectivity index (χ0) is 25.4. The predicted molar refractivity (Wildman–Crippen MR) is 133 cm³/mol. The van der Waals surface area contributed by atoms with Crippen LogP contribution in [0.1, 0.15) is 21.6 Å². The number of piperazine rings is 1. The second kappa shape index (κ2) is 9.06. The van der Waals surface area contributed by atoms with Crippen molar-refractivity contribution in [3.05, 3.63) is 77.5 Å². The molecule has 2 aromatic carbocycles. The number of pyridine rings is 1. The van der Waals surface area contributed by atoms with E-state index < -0.39 is 17.5 Å². The first-order valence-electron chi connectivity index (χ1n) is 11.6. The van der Waals surface area contributed by atoms with Gasteiger partial charge in [0.1, 0.15) is 5.75 Å². The van der Waals surface area contributed by atoms with Gasteiger partial charge in [0.2, 0.25) is 5.66 Å². The summed E-state index contributed by atoms with van der Waals surface area (Å²) in [5.41, 5.74) is 6.91. The van der Waals surface area contributed by atoms with Crippen molar-refractivity contribution in [1.29, 1.82) is 0 Å². The number of amides is 1. The molecule has 10 heteroatoms. The molecule has 4 aromatic rings. The molecular formula is C26H26N6O4. The van der Waals surface area contributed by atoms with Crippen LogP contribution in [-0.2, 0) is 10.5 Å². The highest BCUT2D eigenvalue weighted by atomic mass is 16.4. The lowest BCUT2D eigenvalue weighted by molar-refractivity contribution is -0.134. The van der Waals surface area contributed by atoms with Gasteiger partial charge in [-0.05, 0) is 37.3 Å². The SMILES string of the molecule is Cc1nn(C(C(N)=O)(c2ccccc2)N2CCNCC2)c2nc(-c3ccc(O)cc3)cc(C(=O)O)c12. The fourth-order valence-corrected chi connectivity index (χ4v) is 4.96. The van der Waals surface area contributed by atoms with Crippen LogP contribution < -0.4 is 11.1 Å². The molecule has 2 aromatic heterocycles. The molecule has 1 amide bonds. The minimum atomic E-state index is -1.54. The Balaban J connectivity index is 1.88. The summed E-state index contributed by atoms with van der Waals surface area (Å²) in [5, 5.41) is 28.2. The van der Waals surface area contributed by atoms with Gasteiger partial charge < -0.3 is 21.3 Å². The first kappa shape index (κ1) is 23.5. The number of hydrogen-bond donors (Lipinski definition) is 4. The molecule has 1 aliphatic rings. The molecule has 1 unspecified atom stereocenters. The first-order valence-corrected chi connectivity index (χ1v) is 11.6. The highest BCUT2D eigenvalue weighted by Crippen LogP contribution is 2.36. The van der Waals surface area contributed by atoms with E-state index in [9.17, 15) is 19.8 Å². The van der Waals surface area contributed by atoms with Gasteiger partial charge in [-0.15, -0.1) is 0 Å². The highest BCUT2D eigenvalue weighted by molar-refractivity contribution is 6.04. The van der Waals surface area contributed by atoms with Crippen LogP contribution in [0.3, 0.4) is 0 Å². The number of aromatic hydroxyl groups is 1. The summed E-state index contributed by atoms with van der Waals surface area (Å²) in [7, 11) is 0. The number of phenolic OH excluding ortho intramolecular Hbond substituents is 1. The van der Waals surface area contributed by atoms with Crippen molar-refractivity contribution in [2.75, 3.05) is 26.2 Å². The van der Waals surface area contributed by atoms with Crippen molar-refractivity contribution >= 4 is 22.9 Å². The summed E-state index contributed by atoms with van der Waals surface area (Å²) in [4.78, 5) is 32.6. The Morgan fingerprint density at radius 3 is 2.33 bits per heavy atom. The number of aromatic carboxylic acids is 1. The smallest absolute Gasteiger partial charge is 0.336 e. The molecular weight excluding hydrogens is 460 g/mol. The summed E-state index contributed by atoms with van der Waals surface area (Å²) in [5.74, 6) is -1.71. The number of hydrogen-bond acceptors (Lipinski definition) is 7. The molecule has 0 bridgehead atoms. The molecule has 5 rings (SSSR count). The Labute approximate surface area is 207 Å². The zero-order valence-corrected chi connectivity index (χ0v) is 19.7. The molecule has 0 saturated carbocycles. The Morgan fingerprint density at radius 2 is 1.72 bits per heavy atom. The van der Waals surface area contributed by atoms with E-state index in [0.717, 1.165) is 0 Å². The van der Waals surface area contributed by atoms with E-state index >= 15 is 0 Å². The van der Waals surface area contributed by atoms with Crippen molar-refractivity contribution in [1.82, 2.24) is 25.0 Å². The van der Waals surface area contributed by atoms with Gasteiger partial charge in [0.05, 0.1) is 22.3 Å². The van der Waals surface area contributed by atoms with Crippen LogP contribution in [-0.4, -0.2) is 67.9 Å². The molecule has 3 heterocycles. The molecule has 1 fully saturated rings. The van der Waals surface area contributed by atoms with Crippen LogP contribution in [0.5, 0.6) is 5.75 Å². The van der Waals surface area contributed by atoms with E-state index in [1.165, 1.54) is 22.9 Å². The monoisotopic (exact) mass is 486 g/mol. The summed E-state index contributed by atoms with van der Waals surface area (Å²) < 4.78 is 1.48. The molecule has 36 heavy (non-hydrogen) atoms. The number of benzene rings is 2. The fourth-order valence-electron chi connectivity index (χ4n) is 4.96. The maximum atomic E-state index is 13.5. The molecule has 10 nitrogen and oxygen atoms in total. The normalized spacial score (nSPS) is 16.0. The average molecular weight is 487 g/mol.